The van der Waals surface area contributed by atoms with Gasteiger partial charge in [0.05, 0.1) is 6.04 Å². The largest absolute Gasteiger partial charge is 0.339 e. The van der Waals surface area contributed by atoms with Gasteiger partial charge in [-0.3, -0.25) is 4.79 Å². The molecule has 5 nitrogen and oxygen atoms in total. The van der Waals surface area contributed by atoms with Crippen LogP contribution in [0.5, 0.6) is 0 Å². The zero-order valence-corrected chi connectivity index (χ0v) is 15.1. The highest BCUT2D eigenvalue weighted by Gasteiger charge is 2.27. The molecule has 0 aliphatic carbocycles. The average Bonchev–Trinajstić information content (AvgIpc) is 3.31. The highest BCUT2D eigenvalue weighted by molar-refractivity contribution is 5.92. The molecule has 134 valence electrons. The molecule has 5 heteroatoms. The van der Waals surface area contributed by atoms with Gasteiger partial charge in [0.2, 0.25) is 0 Å². The predicted octanol–water partition coefficient (Wildman–Crippen LogP) is 3.52. The molecule has 1 aliphatic heterocycles. The van der Waals surface area contributed by atoms with Gasteiger partial charge in [0, 0.05) is 38.2 Å². The van der Waals surface area contributed by atoms with Gasteiger partial charge in [-0.25, -0.2) is 4.98 Å². The molecule has 1 amide bonds. The van der Waals surface area contributed by atoms with Gasteiger partial charge in [-0.2, -0.15) is 0 Å². The van der Waals surface area contributed by atoms with Crippen molar-refractivity contribution < 1.29 is 4.79 Å². The molecule has 0 radical (unpaired) electrons. The zero-order chi connectivity index (χ0) is 17.9. The lowest BCUT2D eigenvalue weighted by Crippen LogP contribution is -2.41. The van der Waals surface area contributed by atoms with E-state index in [1.165, 1.54) is 5.56 Å². The minimum atomic E-state index is 0.119. The minimum Gasteiger partial charge on any atom is -0.339 e. The summed E-state index contributed by atoms with van der Waals surface area (Å²) in [6, 6.07) is 14.4. The van der Waals surface area contributed by atoms with Gasteiger partial charge in [0.15, 0.2) is 0 Å². The number of aryl methyl sites for hydroxylation is 1. The third kappa shape index (κ3) is 3.29. The monoisotopic (exact) mass is 348 g/mol. The number of hydrogen-bond acceptors (Lipinski definition) is 2. The first-order chi connectivity index (χ1) is 12.7. The molecule has 4 rings (SSSR count). The molecule has 0 saturated carbocycles. The van der Waals surface area contributed by atoms with Gasteiger partial charge < -0.3 is 14.0 Å². The summed E-state index contributed by atoms with van der Waals surface area (Å²) in [6.45, 7) is 4.30. The second kappa shape index (κ2) is 7.20. The number of rotatable bonds is 4. The SMILES string of the molecule is Cc1nccn1[C@@H]1CCCN(C(=O)c2cccn2Cc2ccccc2)C1. The molecule has 0 unspecified atom stereocenters. The van der Waals surface area contributed by atoms with Crippen molar-refractivity contribution >= 4 is 5.91 Å². The van der Waals surface area contributed by atoms with Crippen molar-refractivity contribution in [1.29, 1.82) is 0 Å². The first-order valence-electron chi connectivity index (χ1n) is 9.20. The Kier molecular flexibility index (Phi) is 4.61. The smallest absolute Gasteiger partial charge is 0.270 e. The topological polar surface area (TPSA) is 43.1 Å². The number of carbonyl (C=O) groups excluding carboxylic acids is 1. The number of piperidine rings is 1. The summed E-state index contributed by atoms with van der Waals surface area (Å²) in [5.41, 5.74) is 1.96. The average molecular weight is 348 g/mol. The third-order valence-corrected chi connectivity index (χ3v) is 5.18. The van der Waals surface area contributed by atoms with Crippen molar-refractivity contribution in [3.63, 3.8) is 0 Å². The maximum Gasteiger partial charge on any atom is 0.270 e. The molecule has 2 aromatic heterocycles. The molecule has 1 atom stereocenters. The van der Waals surface area contributed by atoms with Crippen LogP contribution in [-0.4, -0.2) is 38.0 Å². The highest BCUT2D eigenvalue weighted by Crippen LogP contribution is 2.24. The van der Waals surface area contributed by atoms with E-state index < -0.39 is 0 Å². The number of benzene rings is 1. The van der Waals surface area contributed by atoms with E-state index in [0.29, 0.717) is 12.6 Å². The number of carbonyl (C=O) groups is 1. The second-order valence-electron chi connectivity index (χ2n) is 6.94. The van der Waals surface area contributed by atoms with Crippen molar-refractivity contribution in [3.05, 3.63) is 78.1 Å². The molecule has 1 aliphatic rings. The summed E-state index contributed by atoms with van der Waals surface area (Å²) in [4.78, 5) is 19.5. The standard InChI is InChI=1S/C21H24N4O/c1-17-22-11-14-25(17)19-9-5-13-24(16-19)21(26)20-10-6-12-23(20)15-18-7-3-2-4-8-18/h2-4,6-8,10-12,14,19H,5,9,13,15-16H2,1H3/t19-/m1/s1. The van der Waals surface area contributed by atoms with Gasteiger partial charge >= 0.3 is 0 Å². The molecule has 1 fully saturated rings. The second-order valence-corrected chi connectivity index (χ2v) is 6.94. The summed E-state index contributed by atoms with van der Waals surface area (Å²) < 4.78 is 4.24. The Morgan fingerprint density at radius 2 is 2.00 bits per heavy atom. The van der Waals surface area contributed by atoms with Crippen LogP contribution in [0.4, 0.5) is 0 Å². The van der Waals surface area contributed by atoms with Crippen LogP contribution >= 0.6 is 0 Å². The Bertz CT molecular complexity index is 880. The first-order valence-corrected chi connectivity index (χ1v) is 9.20. The number of hydrogen-bond donors (Lipinski definition) is 0. The van der Waals surface area contributed by atoms with Crippen LogP contribution < -0.4 is 0 Å². The van der Waals surface area contributed by atoms with E-state index in [1.54, 1.807) is 0 Å². The van der Waals surface area contributed by atoms with Crippen molar-refractivity contribution in [2.75, 3.05) is 13.1 Å². The van der Waals surface area contributed by atoms with Crippen molar-refractivity contribution in [2.24, 2.45) is 0 Å². The number of nitrogens with zero attached hydrogens (tertiary/aromatic N) is 4. The highest BCUT2D eigenvalue weighted by atomic mass is 16.2. The van der Waals surface area contributed by atoms with Crippen LogP contribution in [0.2, 0.25) is 0 Å². The lowest BCUT2D eigenvalue weighted by Gasteiger charge is -2.34. The van der Waals surface area contributed by atoms with Crippen LogP contribution in [0, 0.1) is 6.92 Å². The maximum atomic E-state index is 13.2. The number of aromatic nitrogens is 3. The van der Waals surface area contributed by atoms with E-state index in [4.69, 9.17) is 0 Å². The Balaban J connectivity index is 1.51. The first kappa shape index (κ1) is 16.6. The molecule has 3 aromatic rings. The summed E-state index contributed by atoms with van der Waals surface area (Å²) in [5.74, 6) is 1.13. The quantitative estimate of drug-likeness (QED) is 0.724. The predicted molar refractivity (Wildman–Crippen MR) is 101 cm³/mol. The van der Waals surface area contributed by atoms with Gasteiger partial charge in [0.25, 0.3) is 5.91 Å². The number of imidazole rings is 1. The number of likely N-dealkylation sites (tertiary alicyclic amines) is 1. The van der Waals surface area contributed by atoms with Crippen molar-refractivity contribution in [3.8, 4) is 0 Å². The Labute approximate surface area is 153 Å². The fourth-order valence-corrected chi connectivity index (χ4v) is 3.83. The lowest BCUT2D eigenvalue weighted by molar-refractivity contribution is 0.0668. The number of amides is 1. The fourth-order valence-electron chi connectivity index (χ4n) is 3.83. The normalized spacial score (nSPS) is 17.4. The molecule has 0 bridgehead atoms. The van der Waals surface area contributed by atoms with E-state index in [9.17, 15) is 4.79 Å². The third-order valence-electron chi connectivity index (χ3n) is 5.18. The fraction of sp³-hybridized carbons (Fsp3) is 0.333. The molecule has 26 heavy (non-hydrogen) atoms. The molecule has 1 aromatic carbocycles. The van der Waals surface area contributed by atoms with E-state index in [2.05, 4.69) is 21.7 Å². The molecule has 0 N–H and O–H groups in total. The van der Waals surface area contributed by atoms with E-state index in [-0.39, 0.29) is 5.91 Å². The van der Waals surface area contributed by atoms with Crippen LogP contribution in [0.15, 0.2) is 61.1 Å². The van der Waals surface area contributed by atoms with Crippen LogP contribution in [0.25, 0.3) is 0 Å². The summed E-state index contributed by atoms with van der Waals surface area (Å²) in [7, 11) is 0. The minimum absolute atomic E-state index is 0.119. The van der Waals surface area contributed by atoms with E-state index in [1.807, 2.05) is 65.3 Å². The molecule has 3 heterocycles. The van der Waals surface area contributed by atoms with Crippen LogP contribution in [0.3, 0.4) is 0 Å². The molecule has 1 saturated heterocycles. The van der Waals surface area contributed by atoms with Crippen molar-refractivity contribution in [1.82, 2.24) is 19.0 Å². The van der Waals surface area contributed by atoms with E-state index >= 15 is 0 Å². The Morgan fingerprint density at radius 3 is 2.77 bits per heavy atom. The molecule has 0 spiro atoms. The molecular formula is C21H24N4O. The Morgan fingerprint density at radius 1 is 1.15 bits per heavy atom. The van der Waals surface area contributed by atoms with Gasteiger partial charge in [-0.05, 0) is 37.5 Å². The summed E-state index contributed by atoms with van der Waals surface area (Å²) in [6.07, 6.45) is 7.95. The summed E-state index contributed by atoms with van der Waals surface area (Å²) in [5, 5.41) is 0. The van der Waals surface area contributed by atoms with Gasteiger partial charge in [0.1, 0.15) is 11.5 Å². The van der Waals surface area contributed by atoms with Gasteiger partial charge in [-0.1, -0.05) is 30.3 Å². The lowest BCUT2D eigenvalue weighted by atomic mass is 10.0. The van der Waals surface area contributed by atoms with E-state index in [0.717, 1.165) is 37.4 Å². The summed E-state index contributed by atoms with van der Waals surface area (Å²) >= 11 is 0. The zero-order valence-electron chi connectivity index (χ0n) is 15.1. The Hall–Kier alpha value is -2.82. The maximum absolute atomic E-state index is 13.2. The van der Waals surface area contributed by atoms with Gasteiger partial charge in [-0.15, -0.1) is 0 Å². The van der Waals surface area contributed by atoms with Crippen LogP contribution in [-0.2, 0) is 6.54 Å². The van der Waals surface area contributed by atoms with Crippen LogP contribution in [0.1, 0.15) is 40.8 Å². The van der Waals surface area contributed by atoms with Crippen molar-refractivity contribution in [2.45, 2.75) is 32.4 Å². The molecular weight excluding hydrogens is 324 g/mol.